The van der Waals surface area contributed by atoms with Crippen LogP contribution in [-0.4, -0.2) is 43.3 Å². The molecule has 1 amide bonds. The van der Waals surface area contributed by atoms with Crippen LogP contribution in [-0.2, 0) is 9.53 Å². The van der Waals surface area contributed by atoms with Gasteiger partial charge in [-0.25, -0.2) is 14.3 Å². The van der Waals surface area contributed by atoms with Crippen LogP contribution in [0.5, 0.6) is 0 Å². The van der Waals surface area contributed by atoms with Crippen molar-refractivity contribution in [2.45, 2.75) is 24.3 Å². The summed E-state index contributed by atoms with van der Waals surface area (Å²) in [7, 11) is 0. The first kappa shape index (κ1) is 21.0. The number of aromatic nitrogens is 4. The molecule has 31 heavy (non-hydrogen) atoms. The summed E-state index contributed by atoms with van der Waals surface area (Å²) in [6.07, 6.45) is 3.37. The molecule has 0 radical (unpaired) electrons. The van der Waals surface area contributed by atoms with Gasteiger partial charge in [0.15, 0.2) is 0 Å². The second-order valence-corrected chi connectivity index (χ2v) is 8.81. The molecule has 0 fully saturated rings. The van der Waals surface area contributed by atoms with Gasteiger partial charge in [0.05, 0.1) is 17.4 Å². The van der Waals surface area contributed by atoms with E-state index in [1.807, 2.05) is 30.3 Å². The van der Waals surface area contributed by atoms with Crippen LogP contribution in [0.25, 0.3) is 16.2 Å². The fraction of sp³-hybridized carbons (Fsp3) is 0.190. The highest BCUT2D eigenvalue weighted by atomic mass is 32.2. The Hall–Kier alpha value is -3.24. The smallest absolute Gasteiger partial charge is 0.341 e. The number of anilines is 1. The Morgan fingerprint density at radius 3 is 2.81 bits per heavy atom. The summed E-state index contributed by atoms with van der Waals surface area (Å²) in [6, 6.07) is 13.2. The molecule has 0 aliphatic heterocycles. The minimum atomic E-state index is -0.491. The van der Waals surface area contributed by atoms with Crippen molar-refractivity contribution < 1.29 is 14.3 Å². The summed E-state index contributed by atoms with van der Waals surface area (Å²) in [5.41, 5.74) is 1.30. The molecule has 8 nitrogen and oxygen atoms in total. The van der Waals surface area contributed by atoms with E-state index in [2.05, 4.69) is 20.4 Å². The molecule has 0 bridgehead atoms. The summed E-state index contributed by atoms with van der Waals surface area (Å²) in [5.74, 6) is -0.263. The van der Waals surface area contributed by atoms with Gasteiger partial charge in [-0.2, -0.15) is 4.98 Å². The monoisotopic (exact) mass is 453 g/mol. The molecule has 0 aliphatic carbocycles. The van der Waals surface area contributed by atoms with Crippen LogP contribution in [0.2, 0.25) is 0 Å². The Kier molecular flexibility index (Phi) is 6.28. The van der Waals surface area contributed by atoms with Crippen molar-refractivity contribution in [1.82, 2.24) is 19.6 Å². The molecule has 0 saturated carbocycles. The normalized spacial score (nSPS) is 11.9. The highest BCUT2D eigenvalue weighted by Crippen LogP contribution is 2.36. The number of thiophene rings is 1. The largest absolute Gasteiger partial charge is 0.462 e. The molecular weight excluding hydrogens is 434 g/mol. The summed E-state index contributed by atoms with van der Waals surface area (Å²) in [5, 5.41) is 7.60. The quantitative estimate of drug-likeness (QED) is 0.331. The molecule has 4 aromatic rings. The number of rotatable bonds is 7. The van der Waals surface area contributed by atoms with Crippen molar-refractivity contribution in [3.63, 3.8) is 0 Å². The number of carbonyl (C=O) groups excluding carboxylic acids is 2. The molecule has 0 saturated heterocycles. The van der Waals surface area contributed by atoms with E-state index in [1.54, 1.807) is 42.9 Å². The van der Waals surface area contributed by atoms with E-state index in [9.17, 15) is 9.59 Å². The number of amides is 1. The number of hydrogen-bond acceptors (Lipinski definition) is 8. The van der Waals surface area contributed by atoms with Crippen molar-refractivity contribution >= 4 is 45.8 Å². The van der Waals surface area contributed by atoms with Crippen molar-refractivity contribution in [2.24, 2.45) is 0 Å². The van der Waals surface area contributed by atoms with E-state index in [-0.39, 0.29) is 12.5 Å². The van der Waals surface area contributed by atoms with Crippen LogP contribution >= 0.6 is 23.1 Å². The summed E-state index contributed by atoms with van der Waals surface area (Å²) >= 11 is 2.55. The van der Waals surface area contributed by atoms with Crippen LogP contribution in [0.4, 0.5) is 5.00 Å². The third-order valence-corrected chi connectivity index (χ3v) is 6.32. The average Bonchev–Trinajstić information content (AvgIpc) is 3.38. The lowest BCUT2D eigenvalue weighted by Gasteiger charge is -2.10. The minimum absolute atomic E-state index is 0.253. The SMILES string of the molecule is CCOC(=O)c1cc(-c2ccccc2)sc1NC(=O)[C@H](C)Sc1nc2ncccn2n1. The van der Waals surface area contributed by atoms with E-state index < -0.39 is 11.2 Å². The first-order valence-corrected chi connectivity index (χ1v) is 11.3. The van der Waals surface area contributed by atoms with Crippen molar-refractivity contribution in [3.05, 3.63) is 60.4 Å². The van der Waals surface area contributed by atoms with Gasteiger partial charge in [-0.3, -0.25) is 4.79 Å². The number of ether oxygens (including phenoxy) is 1. The highest BCUT2D eigenvalue weighted by molar-refractivity contribution is 8.00. The summed E-state index contributed by atoms with van der Waals surface area (Å²) in [6.45, 7) is 3.76. The van der Waals surface area contributed by atoms with Crippen molar-refractivity contribution in [3.8, 4) is 10.4 Å². The number of nitrogens with one attached hydrogen (secondary N) is 1. The summed E-state index contributed by atoms with van der Waals surface area (Å²) < 4.78 is 6.72. The third-order valence-electron chi connectivity index (χ3n) is 4.27. The number of fused-ring (bicyclic) bond motifs is 1. The van der Waals surface area contributed by atoms with Crippen LogP contribution in [0, 0.1) is 0 Å². The van der Waals surface area contributed by atoms with Crippen LogP contribution in [0.3, 0.4) is 0 Å². The second kappa shape index (κ2) is 9.27. The number of nitrogens with zero attached hydrogens (tertiary/aromatic N) is 4. The Balaban J connectivity index is 1.54. The Bertz CT molecular complexity index is 1190. The molecule has 0 aliphatic rings. The van der Waals surface area contributed by atoms with Gasteiger partial charge in [-0.15, -0.1) is 16.4 Å². The summed E-state index contributed by atoms with van der Waals surface area (Å²) in [4.78, 5) is 34.6. The van der Waals surface area contributed by atoms with Gasteiger partial charge >= 0.3 is 5.97 Å². The third kappa shape index (κ3) is 4.75. The molecule has 0 unspecified atom stereocenters. The lowest BCUT2D eigenvalue weighted by molar-refractivity contribution is -0.115. The fourth-order valence-corrected chi connectivity index (χ4v) is 4.58. The second-order valence-electron chi connectivity index (χ2n) is 6.45. The van der Waals surface area contributed by atoms with Crippen LogP contribution in [0.1, 0.15) is 24.2 Å². The van der Waals surface area contributed by atoms with Gasteiger partial charge in [-0.1, -0.05) is 42.1 Å². The number of carbonyl (C=O) groups is 2. The van der Waals surface area contributed by atoms with Crippen LogP contribution in [0.15, 0.2) is 60.0 Å². The van der Waals surface area contributed by atoms with Gasteiger partial charge < -0.3 is 10.1 Å². The fourth-order valence-electron chi connectivity index (χ4n) is 2.78. The van der Waals surface area contributed by atoms with Gasteiger partial charge in [0.25, 0.3) is 5.78 Å². The number of hydrogen-bond donors (Lipinski definition) is 1. The number of esters is 1. The number of benzene rings is 1. The average molecular weight is 454 g/mol. The molecule has 1 aromatic carbocycles. The maximum absolute atomic E-state index is 12.9. The Morgan fingerprint density at radius 2 is 2.06 bits per heavy atom. The van der Waals surface area contributed by atoms with Gasteiger partial charge in [-0.05, 0) is 31.5 Å². The van der Waals surface area contributed by atoms with Gasteiger partial charge in [0.2, 0.25) is 11.1 Å². The van der Waals surface area contributed by atoms with Crippen molar-refractivity contribution in [2.75, 3.05) is 11.9 Å². The Labute approximate surface area is 186 Å². The molecule has 158 valence electrons. The molecule has 4 rings (SSSR count). The molecule has 3 heterocycles. The highest BCUT2D eigenvalue weighted by Gasteiger charge is 2.23. The van der Waals surface area contributed by atoms with E-state index in [1.165, 1.54) is 23.1 Å². The predicted octanol–water partition coefficient (Wildman–Crippen LogP) is 4.15. The zero-order valence-electron chi connectivity index (χ0n) is 16.8. The van der Waals surface area contributed by atoms with Crippen molar-refractivity contribution in [1.29, 1.82) is 0 Å². The predicted molar refractivity (Wildman–Crippen MR) is 120 cm³/mol. The maximum atomic E-state index is 12.9. The molecule has 0 spiro atoms. The van der Waals surface area contributed by atoms with Crippen LogP contribution < -0.4 is 5.32 Å². The minimum Gasteiger partial charge on any atom is -0.462 e. The van der Waals surface area contributed by atoms with E-state index >= 15 is 0 Å². The molecular formula is C21H19N5O3S2. The topological polar surface area (TPSA) is 98.5 Å². The van der Waals surface area contributed by atoms with E-state index in [4.69, 9.17) is 4.74 Å². The van der Waals surface area contributed by atoms with Gasteiger partial charge in [0, 0.05) is 17.3 Å². The standard InChI is InChI=1S/C21H19N5O3S2/c1-3-29-19(28)15-12-16(14-8-5-4-6-9-14)31-18(15)23-17(27)13(2)30-21-24-20-22-10-7-11-26(20)25-21/h4-13H,3H2,1-2H3,(H,23,27)/t13-/m0/s1. The molecule has 1 N–H and O–H groups in total. The number of thioether (sulfide) groups is 1. The Morgan fingerprint density at radius 1 is 1.26 bits per heavy atom. The molecule has 10 heteroatoms. The van der Waals surface area contributed by atoms with E-state index in [0.717, 1.165) is 10.4 Å². The molecule has 1 atom stereocenters. The maximum Gasteiger partial charge on any atom is 0.341 e. The zero-order chi connectivity index (χ0) is 21.8. The lowest BCUT2D eigenvalue weighted by Crippen LogP contribution is -2.23. The molecule has 3 aromatic heterocycles. The first-order valence-electron chi connectivity index (χ1n) is 9.56. The van der Waals surface area contributed by atoms with Gasteiger partial charge in [0.1, 0.15) is 5.00 Å². The zero-order valence-corrected chi connectivity index (χ0v) is 18.4. The lowest BCUT2D eigenvalue weighted by atomic mass is 10.1. The van der Waals surface area contributed by atoms with E-state index in [0.29, 0.717) is 21.5 Å². The first-order chi connectivity index (χ1) is 15.0.